The van der Waals surface area contributed by atoms with Gasteiger partial charge in [-0.1, -0.05) is 0 Å². The van der Waals surface area contributed by atoms with Crippen molar-refractivity contribution in [3.05, 3.63) is 33.5 Å². The van der Waals surface area contributed by atoms with E-state index in [0.717, 1.165) is 13.2 Å². The van der Waals surface area contributed by atoms with Gasteiger partial charge in [-0.3, -0.25) is 0 Å². The minimum atomic E-state index is -1.30. The van der Waals surface area contributed by atoms with Crippen molar-refractivity contribution in [3.8, 4) is 0 Å². The van der Waals surface area contributed by atoms with Crippen molar-refractivity contribution in [3.63, 3.8) is 0 Å². The number of hydrogen-bond acceptors (Lipinski definition) is 1. The molecule has 0 spiro atoms. The van der Waals surface area contributed by atoms with Gasteiger partial charge in [-0.25, -0.2) is 0 Å². The van der Waals surface area contributed by atoms with Gasteiger partial charge < -0.3 is 4.74 Å². The predicted octanol–water partition coefficient (Wildman–Crippen LogP) is 6.79. The summed E-state index contributed by atoms with van der Waals surface area (Å²) in [6.45, 7) is 25.9. The Hall–Kier alpha value is 0.491. The van der Waals surface area contributed by atoms with Crippen LogP contribution in [0.3, 0.4) is 0 Å². The van der Waals surface area contributed by atoms with Crippen LogP contribution in [0, 0.1) is 10.8 Å². The van der Waals surface area contributed by atoms with E-state index in [-0.39, 0.29) is 0 Å². The first-order valence-corrected chi connectivity index (χ1v) is 14.7. The molecule has 0 bridgehead atoms. The molecule has 0 N–H and O–H groups in total. The van der Waals surface area contributed by atoms with E-state index >= 15 is 0 Å². The number of ether oxygens (including phenoxy) is 1. The van der Waals surface area contributed by atoms with Gasteiger partial charge in [0.25, 0.3) is 0 Å². The Kier molecular flexibility index (Phi) is 7.42. The van der Waals surface area contributed by atoms with Crippen LogP contribution >= 0.6 is 0 Å². The summed E-state index contributed by atoms with van der Waals surface area (Å²) in [7, 11) is 0. The SMILES string of the molecule is C1CCOC1.CC1=C(C)C(C)(C)[C]([Ba][C]2=C(C)C(C)=C(C)C2(C)C)=C1C. The number of rotatable bonds is 2. The average Bonchev–Trinajstić information content (AvgIpc) is 3.24. The van der Waals surface area contributed by atoms with Crippen molar-refractivity contribution in [1.82, 2.24) is 0 Å². The topological polar surface area (TPSA) is 9.23 Å². The first kappa shape index (κ1) is 22.8. The van der Waals surface area contributed by atoms with E-state index in [1.807, 2.05) is 0.0821 Å². The van der Waals surface area contributed by atoms with E-state index in [0.29, 0.717) is 10.8 Å². The summed E-state index contributed by atoms with van der Waals surface area (Å²) < 4.78 is 8.64. The van der Waals surface area contributed by atoms with Crippen LogP contribution < -0.4 is 0 Å². The van der Waals surface area contributed by atoms with Crippen molar-refractivity contribution < 1.29 is 4.74 Å². The molecule has 0 radical (unpaired) electrons. The molecule has 1 nitrogen and oxygen atoms in total. The molecule has 1 aliphatic heterocycles. The van der Waals surface area contributed by atoms with Gasteiger partial charge in [0.2, 0.25) is 0 Å². The van der Waals surface area contributed by atoms with Gasteiger partial charge in [0.15, 0.2) is 0 Å². The van der Waals surface area contributed by atoms with Crippen LogP contribution in [-0.4, -0.2) is 57.4 Å². The van der Waals surface area contributed by atoms with Crippen molar-refractivity contribution in [1.29, 1.82) is 0 Å². The molecule has 0 saturated carbocycles. The molecule has 0 unspecified atom stereocenters. The third-order valence-electron chi connectivity index (χ3n) is 7.72. The van der Waals surface area contributed by atoms with Crippen LogP contribution in [0.25, 0.3) is 0 Å². The van der Waals surface area contributed by atoms with Gasteiger partial charge >= 0.3 is 158 Å². The van der Waals surface area contributed by atoms with Crippen molar-refractivity contribution in [2.45, 2.75) is 82.1 Å². The molecular weight excluding hydrogens is 442 g/mol. The van der Waals surface area contributed by atoms with Gasteiger partial charge in [0, 0.05) is 13.2 Å². The molecule has 1 heterocycles. The van der Waals surface area contributed by atoms with Gasteiger partial charge in [-0.15, -0.1) is 0 Å². The summed E-state index contributed by atoms with van der Waals surface area (Å²) in [5.74, 6) is 0. The molecule has 26 heavy (non-hydrogen) atoms. The summed E-state index contributed by atoms with van der Waals surface area (Å²) in [5.41, 5.74) is 10.2. The van der Waals surface area contributed by atoms with Crippen LogP contribution in [0.2, 0.25) is 0 Å². The number of allylic oxidation sites excluding steroid dienone is 8. The zero-order valence-electron chi connectivity index (χ0n) is 18.9. The van der Waals surface area contributed by atoms with Crippen molar-refractivity contribution in [2.75, 3.05) is 13.2 Å². The monoisotopic (exact) mass is 480 g/mol. The summed E-state index contributed by atoms with van der Waals surface area (Å²) in [6, 6.07) is 0. The van der Waals surface area contributed by atoms with Crippen LogP contribution in [0.4, 0.5) is 0 Å². The van der Waals surface area contributed by atoms with E-state index in [1.165, 1.54) is 12.8 Å². The fourth-order valence-corrected chi connectivity index (χ4v) is 13.6. The van der Waals surface area contributed by atoms with Crippen molar-refractivity contribution >= 4 is 44.2 Å². The third kappa shape index (κ3) is 4.09. The zero-order valence-corrected chi connectivity index (χ0v) is 23.4. The summed E-state index contributed by atoms with van der Waals surface area (Å²) >= 11 is -1.30. The van der Waals surface area contributed by atoms with Crippen molar-refractivity contribution in [2.24, 2.45) is 10.8 Å². The van der Waals surface area contributed by atoms with E-state index in [4.69, 9.17) is 4.74 Å². The van der Waals surface area contributed by atoms with Crippen LogP contribution in [0.5, 0.6) is 0 Å². The van der Waals surface area contributed by atoms with E-state index in [2.05, 4.69) is 69.2 Å². The molecule has 142 valence electrons. The molecule has 0 amide bonds. The summed E-state index contributed by atoms with van der Waals surface area (Å²) in [5, 5.41) is 0. The Morgan fingerprint density at radius 3 is 1.15 bits per heavy atom. The van der Waals surface area contributed by atoms with E-state index in [9.17, 15) is 0 Å². The Bertz CT molecular complexity index is 643. The molecule has 1 fully saturated rings. The van der Waals surface area contributed by atoms with Crippen LogP contribution in [0.15, 0.2) is 33.5 Å². The Morgan fingerprint density at radius 2 is 0.962 bits per heavy atom. The van der Waals surface area contributed by atoms with Gasteiger partial charge in [0.05, 0.1) is 0 Å². The molecule has 3 aliphatic rings. The fraction of sp³-hybridized carbons (Fsp3) is 0.667. The molecule has 1 saturated heterocycles. The second-order valence-corrected chi connectivity index (χ2v) is 15.0. The molecule has 0 atom stereocenters. The van der Waals surface area contributed by atoms with Crippen LogP contribution in [0.1, 0.15) is 82.1 Å². The second kappa shape index (κ2) is 8.47. The fourth-order valence-electron chi connectivity index (χ4n) is 4.74. The Labute approximate surface area is 186 Å². The summed E-state index contributed by atoms with van der Waals surface area (Å²) in [6.07, 6.45) is 2.56. The van der Waals surface area contributed by atoms with Gasteiger partial charge in [-0.2, -0.15) is 0 Å². The predicted molar refractivity (Wildman–Crippen MR) is 116 cm³/mol. The first-order chi connectivity index (χ1) is 11.9. The molecule has 0 aromatic heterocycles. The molecule has 2 heteroatoms. The van der Waals surface area contributed by atoms with E-state index < -0.39 is 44.2 Å². The zero-order chi connectivity index (χ0) is 19.9. The minimum absolute atomic E-state index is 0.309. The maximum atomic E-state index is 4.94. The second-order valence-electron chi connectivity index (χ2n) is 9.45. The average molecular weight is 480 g/mol. The first-order valence-electron chi connectivity index (χ1n) is 10.3. The molecule has 3 rings (SSSR count). The normalized spacial score (nSPS) is 24.4. The maximum absolute atomic E-state index is 4.94. The van der Waals surface area contributed by atoms with Gasteiger partial charge in [0.1, 0.15) is 0 Å². The Balaban J connectivity index is 0.000000417. The quantitative estimate of drug-likeness (QED) is 0.396. The Morgan fingerprint density at radius 1 is 0.615 bits per heavy atom. The summed E-state index contributed by atoms with van der Waals surface area (Å²) in [4.78, 5) is 0. The van der Waals surface area contributed by atoms with E-state index in [1.54, 1.807) is 33.4 Å². The standard InChI is InChI=1S/2C10H15.C4H8O.Ba/c2*1-7-6-10(4,5)9(3)8(7)2;1-2-4-5-3-1;/h2*1-5H3;1-4H2;. The number of hydrogen-bond donors (Lipinski definition) is 0. The van der Waals surface area contributed by atoms with Gasteiger partial charge in [-0.05, 0) is 12.8 Å². The van der Waals surface area contributed by atoms with Crippen LogP contribution in [-0.2, 0) is 4.74 Å². The third-order valence-corrected chi connectivity index (χ3v) is 18.8. The molecular formula is C24H38BaO. The molecule has 0 aromatic carbocycles. The molecule has 0 aromatic rings. The molecule has 2 aliphatic carbocycles.